The van der Waals surface area contributed by atoms with Crippen molar-refractivity contribution < 1.29 is 4.79 Å². The van der Waals surface area contributed by atoms with Crippen molar-refractivity contribution in [2.24, 2.45) is 0 Å². The Morgan fingerprint density at radius 2 is 2.09 bits per heavy atom. The highest BCUT2D eigenvalue weighted by atomic mass is 32.1. The zero-order valence-electron chi connectivity index (χ0n) is 13.7. The van der Waals surface area contributed by atoms with E-state index in [4.69, 9.17) is 0 Å². The van der Waals surface area contributed by atoms with E-state index in [1.54, 1.807) is 6.20 Å². The normalized spacial score (nSPS) is 19.6. The minimum atomic E-state index is 0.129. The van der Waals surface area contributed by atoms with Gasteiger partial charge in [0.1, 0.15) is 4.88 Å². The summed E-state index contributed by atoms with van der Waals surface area (Å²) in [4.78, 5) is 22.1. The average Bonchev–Trinajstić information content (AvgIpc) is 2.89. The van der Waals surface area contributed by atoms with E-state index in [-0.39, 0.29) is 11.9 Å². The molecule has 1 saturated heterocycles. The molecule has 1 aliphatic rings. The first-order valence-electron chi connectivity index (χ1n) is 8.13. The molecule has 0 radical (unpaired) electrons. The number of rotatable bonds is 3. The highest BCUT2D eigenvalue weighted by Crippen LogP contribution is 2.19. The summed E-state index contributed by atoms with van der Waals surface area (Å²) in [5, 5.41) is 0.946. The van der Waals surface area contributed by atoms with E-state index in [1.807, 2.05) is 17.9 Å². The molecule has 2 aromatic rings. The predicted octanol–water partition coefficient (Wildman–Crippen LogP) is 3.19. The molecular formula is C18H23N3OS. The molecule has 0 spiro atoms. The molecule has 0 N–H and O–H groups in total. The second-order valence-electron chi connectivity index (χ2n) is 6.17. The van der Waals surface area contributed by atoms with E-state index >= 15 is 0 Å². The molecule has 1 amide bonds. The minimum Gasteiger partial charge on any atom is -0.334 e. The number of benzene rings is 1. The van der Waals surface area contributed by atoms with Gasteiger partial charge in [-0.2, -0.15) is 0 Å². The van der Waals surface area contributed by atoms with Crippen LogP contribution >= 0.6 is 11.3 Å². The highest BCUT2D eigenvalue weighted by molar-refractivity contribution is 7.13. The fourth-order valence-corrected chi connectivity index (χ4v) is 3.87. The van der Waals surface area contributed by atoms with Crippen molar-refractivity contribution in [2.75, 3.05) is 19.6 Å². The van der Waals surface area contributed by atoms with Crippen molar-refractivity contribution in [3.8, 4) is 0 Å². The fourth-order valence-electron chi connectivity index (χ4n) is 3.14. The van der Waals surface area contributed by atoms with Gasteiger partial charge in [-0.3, -0.25) is 9.69 Å². The number of carbonyl (C=O) groups excluding carboxylic acids is 1. The predicted molar refractivity (Wildman–Crippen MR) is 93.7 cm³/mol. The van der Waals surface area contributed by atoms with Crippen molar-refractivity contribution in [1.82, 2.24) is 14.8 Å². The molecule has 23 heavy (non-hydrogen) atoms. The Morgan fingerprint density at radius 3 is 2.78 bits per heavy atom. The van der Waals surface area contributed by atoms with Crippen LogP contribution < -0.4 is 0 Å². The summed E-state index contributed by atoms with van der Waals surface area (Å²) in [7, 11) is 0. The number of aryl methyl sites for hydroxylation is 1. The SMILES string of the molecule is Cc1ncc(C(=O)N2CCCN(Cc3ccccc3)C[C@@H]2C)s1. The number of hydrogen-bond acceptors (Lipinski definition) is 4. The first-order valence-corrected chi connectivity index (χ1v) is 8.95. The Balaban J connectivity index is 1.66. The van der Waals surface area contributed by atoms with Crippen LogP contribution in [-0.2, 0) is 6.54 Å². The number of amides is 1. The van der Waals surface area contributed by atoms with Gasteiger partial charge in [0.25, 0.3) is 5.91 Å². The Morgan fingerprint density at radius 1 is 1.30 bits per heavy atom. The third-order valence-electron chi connectivity index (χ3n) is 4.27. The van der Waals surface area contributed by atoms with Crippen LogP contribution in [-0.4, -0.2) is 46.4 Å². The molecule has 1 aromatic carbocycles. The van der Waals surface area contributed by atoms with Crippen LogP contribution in [0.15, 0.2) is 36.5 Å². The smallest absolute Gasteiger partial charge is 0.265 e. The lowest BCUT2D eigenvalue weighted by molar-refractivity contribution is 0.0696. The number of hydrogen-bond donors (Lipinski definition) is 0. The lowest BCUT2D eigenvalue weighted by Gasteiger charge is -2.28. The molecule has 4 nitrogen and oxygen atoms in total. The Hall–Kier alpha value is -1.72. The zero-order chi connectivity index (χ0) is 16.2. The first kappa shape index (κ1) is 16.1. The van der Waals surface area contributed by atoms with E-state index in [1.165, 1.54) is 16.9 Å². The molecule has 1 aliphatic heterocycles. The van der Waals surface area contributed by atoms with Crippen LogP contribution in [0.1, 0.15) is 33.6 Å². The van der Waals surface area contributed by atoms with Gasteiger partial charge >= 0.3 is 0 Å². The Bertz CT molecular complexity index is 655. The van der Waals surface area contributed by atoms with Gasteiger partial charge in [0, 0.05) is 32.2 Å². The summed E-state index contributed by atoms with van der Waals surface area (Å²) in [5.41, 5.74) is 1.33. The Kier molecular flexibility index (Phi) is 5.08. The van der Waals surface area contributed by atoms with E-state index in [0.717, 1.165) is 42.5 Å². The van der Waals surface area contributed by atoms with Gasteiger partial charge in [0.15, 0.2) is 0 Å². The molecule has 5 heteroatoms. The van der Waals surface area contributed by atoms with Crippen LogP contribution in [0.5, 0.6) is 0 Å². The van der Waals surface area contributed by atoms with Gasteiger partial charge in [0.05, 0.1) is 11.2 Å². The fraction of sp³-hybridized carbons (Fsp3) is 0.444. The average molecular weight is 329 g/mol. The maximum absolute atomic E-state index is 12.7. The topological polar surface area (TPSA) is 36.4 Å². The summed E-state index contributed by atoms with van der Waals surface area (Å²) in [5.74, 6) is 0.129. The molecule has 2 heterocycles. The van der Waals surface area contributed by atoms with Crippen molar-refractivity contribution in [3.63, 3.8) is 0 Å². The Labute approximate surface area is 141 Å². The summed E-state index contributed by atoms with van der Waals surface area (Å²) < 4.78 is 0. The third-order valence-corrected chi connectivity index (χ3v) is 5.17. The molecule has 0 saturated carbocycles. The molecule has 122 valence electrons. The highest BCUT2D eigenvalue weighted by Gasteiger charge is 2.27. The van der Waals surface area contributed by atoms with E-state index in [0.29, 0.717) is 0 Å². The molecule has 1 fully saturated rings. The summed E-state index contributed by atoms with van der Waals surface area (Å²) in [6.45, 7) is 7.81. The monoisotopic (exact) mass is 329 g/mol. The van der Waals surface area contributed by atoms with Gasteiger partial charge in [-0.05, 0) is 25.8 Å². The molecular weight excluding hydrogens is 306 g/mol. The largest absolute Gasteiger partial charge is 0.334 e. The summed E-state index contributed by atoms with van der Waals surface area (Å²) in [6.07, 6.45) is 2.72. The molecule has 0 unspecified atom stereocenters. The maximum Gasteiger partial charge on any atom is 0.265 e. The summed E-state index contributed by atoms with van der Waals surface area (Å²) in [6, 6.07) is 10.8. The molecule has 1 atom stereocenters. The zero-order valence-corrected chi connectivity index (χ0v) is 14.6. The number of carbonyl (C=O) groups is 1. The molecule has 3 rings (SSSR count). The van der Waals surface area contributed by atoms with Crippen LogP contribution in [0.25, 0.3) is 0 Å². The van der Waals surface area contributed by atoms with Gasteiger partial charge in [-0.15, -0.1) is 11.3 Å². The second kappa shape index (κ2) is 7.23. The van der Waals surface area contributed by atoms with Crippen LogP contribution in [0, 0.1) is 6.92 Å². The molecule has 0 aliphatic carbocycles. The molecule has 1 aromatic heterocycles. The van der Waals surface area contributed by atoms with Crippen molar-refractivity contribution >= 4 is 17.2 Å². The molecule has 0 bridgehead atoms. The number of aromatic nitrogens is 1. The third kappa shape index (κ3) is 3.98. The maximum atomic E-state index is 12.7. The second-order valence-corrected chi connectivity index (χ2v) is 7.40. The first-order chi connectivity index (χ1) is 11.1. The van der Waals surface area contributed by atoms with Gasteiger partial charge in [-0.1, -0.05) is 30.3 Å². The minimum absolute atomic E-state index is 0.129. The van der Waals surface area contributed by atoms with Gasteiger partial charge in [0.2, 0.25) is 0 Å². The standard InChI is InChI=1S/C18H23N3OS/c1-14-12-20(13-16-7-4-3-5-8-16)9-6-10-21(14)18(22)17-11-19-15(2)23-17/h3-5,7-8,11,14H,6,9-10,12-13H2,1-2H3/t14-/m0/s1. The van der Waals surface area contributed by atoms with Crippen LogP contribution in [0.4, 0.5) is 0 Å². The number of thiazole rings is 1. The quantitative estimate of drug-likeness (QED) is 0.868. The van der Waals surface area contributed by atoms with E-state index < -0.39 is 0 Å². The van der Waals surface area contributed by atoms with E-state index in [9.17, 15) is 4.79 Å². The summed E-state index contributed by atoms with van der Waals surface area (Å²) >= 11 is 1.49. The van der Waals surface area contributed by atoms with Gasteiger partial charge < -0.3 is 4.90 Å². The number of nitrogens with zero attached hydrogens (tertiary/aromatic N) is 3. The van der Waals surface area contributed by atoms with Crippen molar-refractivity contribution in [3.05, 3.63) is 52.0 Å². The van der Waals surface area contributed by atoms with Crippen LogP contribution in [0.3, 0.4) is 0 Å². The van der Waals surface area contributed by atoms with Crippen molar-refractivity contribution in [1.29, 1.82) is 0 Å². The van der Waals surface area contributed by atoms with Gasteiger partial charge in [-0.25, -0.2) is 4.98 Å². The lowest BCUT2D eigenvalue weighted by atomic mass is 10.2. The van der Waals surface area contributed by atoms with Crippen LogP contribution in [0.2, 0.25) is 0 Å². The lowest BCUT2D eigenvalue weighted by Crippen LogP contribution is -2.42. The van der Waals surface area contributed by atoms with Crippen molar-refractivity contribution in [2.45, 2.75) is 32.9 Å². The van der Waals surface area contributed by atoms with E-state index in [2.05, 4.69) is 41.1 Å².